The minimum absolute atomic E-state index is 0.134. The lowest BCUT2D eigenvalue weighted by Crippen LogP contribution is -2.29. The maximum atomic E-state index is 11.4. The van der Waals surface area contributed by atoms with Crippen molar-refractivity contribution in [3.8, 4) is 5.75 Å². The molecule has 0 saturated carbocycles. The Kier molecular flexibility index (Phi) is 4.91. The number of rotatable bonds is 5. The first-order valence-electron chi connectivity index (χ1n) is 5.57. The number of amides is 2. The molecule has 7 nitrogen and oxygen atoms in total. The van der Waals surface area contributed by atoms with Gasteiger partial charge in [-0.3, -0.25) is 10.1 Å². The van der Waals surface area contributed by atoms with Crippen LogP contribution in [-0.4, -0.2) is 22.6 Å². The number of nitrogens with one attached hydrogen (secondary N) is 2. The van der Waals surface area contributed by atoms with Crippen molar-refractivity contribution in [2.75, 3.05) is 11.9 Å². The van der Waals surface area contributed by atoms with Gasteiger partial charge in [-0.1, -0.05) is 13.3 Å². The fraction of sp³-hybridized carbons (Fsp3) is 0.364. The fourth-order valence-corrected chi connectivity index (χ4v) is 1.28. The smallest absolute Gasteiger partial charge is 0.319 e. The van der Waals surface area contributed by atoms with Crippen LogP contribution in [-0.2, 0) is 0 Å². The lowest BCUT2D eigenvalue weighted by Gasteiger charge is -2.08. The van der Waals surface area contributed by atoms with Crippen LogP contribution in [0.25, 0.3) is 0 Å². The molecule has 0 aromatic heterocycles. The van der Waals surface area contributed by atoms with E-state index in [1.165, 1.54) is 12.1 Å². The quantitative estimate of drug-likeness (QED) is 0.324. The van der Waals surface area contributed by atoms with Crippen LogP contribution in [0, 0.1) is 10.1 Å². The Labute approximate surface area is 104 Å². The third-order valence-electron chi connectivity index (χ3n) is 2.26. The topological polar surface area (TPSA) is 104 Å². The zero-order valence-corrected chi connectivity index (χ0v) is 9.97. The highest BCUT2D eigenvalue weighted by molar-refractivity contribution is 5.91. The van der Waals surface area contributed by atoms with Crippen LogP contribution >= 0.6 is 0 Å². The molecule has 0 saturated heterocycles. The highest BCUT2D eigenvalue weighted by Crippen LogP contribution is 2.27. The zero-order chi connectivity index (χ0) is 13.5. The standard InChI is InChI=1S/C11H15N3O4/c1-2-3-6-12-11(16)13-9-5-4-8(14(17)18)7-10(9)15/h4-5,7,15H,2-3,6H2,1H3,(H2,12,13,16). The number of nitro groups is 1. The van der Waals surface area contributed by atoms with Crippen LogP contribution in [0.4, 0.5) is 16.2 Å². The van der Waals surface area contributed by atoms with Crippen molar-refractivity contribution >= 4 is 17.4 Å². The van der Waals surface area contributed by atoms with Crippen LogP contribution in [0.3, 0.4) is 0 Å². The number of hydrogen-bond acceptors (Lipinski definition) is 4. The molecule has 0 radical (unpaired) electrons. The van der Waals surface area contributed by atoms with E-state index in [4.69, 9.17) is 0 Å². The van der Waals surface area contributed by atoms with Crippen molar-refractivity contribution in [3.63, 3.8) is 0 Å². The average Bonchev–Trinajstić information content (AvgIpc) is 2.32. The van der Waals surface area contributed by atoms with Gasteiger partial charge in [0.25, 0.3) is 5.69 Å². The molecule has 18 heavy (non-hydrogen) atoms. The Morgan fingerprint density at radius 1 is 1.50 bits per heavy atom. The largest absolute Gasteiger partial charge is 0.506 e. The summed E-state index contributed by atoms with van der Waals surface area (Å²) in [5.74, 6) is -0.338. The van der Waals surface area contributed by atoms with Crippen LogP contribution in [0.1, 0.15) is 19.8 Å². The Hall–Kier alpha value is -2.31. The number of benzene rings is 1. The second kappa shape index (κ2) is 6.43. The summed E-state index contributed by atoms with van der Waals surface area (Å²) < 4.78 is 0. The van der Waals surface area contributed by atoms with Gasteiger partial charge >= 0.3 is 6.03 Å². The predicted molar refractivity (Wildman–Crippen MR) is 66.7 cm³/mol. The molecule has 0 bridgehead atoms. The van der Waals surface area contributed by atoms with Crippen molar-refractivity contribution in [1.29, 1.82) is 0 Å². The Morgan fingerprint density at radius 2 is 2.22 bits per heavy atom. The molecule has 7 heteroatoms. The third kappa shape index (κ3) is 3.93. The van der Waals surface area contributed by atoms with E-state index in [9.17, 15) is 20.0 Å². The number of nitrogens with zero attached hydrogens (tertiary/aromatic N) is 1. The monoisotopic (exact) mass is 253 g/mol. The molecule has 0 heterocycles. The van der Waals surface area contributed by atoms with Gasteiger partial charge in [-0.05, 0) is 12.5 Å². The Bertz CT molecular complexity index is 448. The average molecular weight is 253 g/mol. The fourth-order valence-electron chi connectivity index (χ4n) is 1.28. The molecule has 98 valence electrons. The zero-order valence-electron chi connectivity index (χ0n) is 9.97. The maximum absolute atomic E-state index is 11.4. The van der Waals surface area contributed by atoms with Gasteiger partial charge in [0.15, 0.2) is 0 Å². The van der Waals surface area contributed by atoms with E-state index in [0.29, 0.717) is 6.54 Å². The molecule has 0 atom stereocenters. The van der Waals surface area contributed by atoms with Crippen LogP contribution < -0.4 is 10.6 Å². The van der Waals surface area contributed by atoms with Crippen molar-refractivity contribution < 1.29 is 14.8 Å². The molecule has 0 aliphatic rings. The Morgan fingerprint density at radius 3 is 2.78 bits per heavy atom. The Balaban J connectivity index is 2.62. The number of carbonyl (C=O) groups is 1. The van der Waals surface area contributed by atoms with Gasteiger partial charge in [0, 0.05) is 12.6 Å². The van der Waals surface area contributed by atoms with E-state index in [1.807, 2.05) is 6.92 Å². The van der Waals surface area contributed by atoms with E-state index < -0.39 is 11.0 Å². The van der Waals surface area contributed by atoms with E-state index in [-0.39, 0.29) is 17.1 Å². The van der Waals surface area contributed by atoms with Gasteiger partial charge in [0.1, 0.15) is 5.75 Å². The van der Waals surface area contributed by atoms with E-state index in [2.05, 4.69) is 10.6 Å². The molecule has 3 N–H and O–H groups in total. The van der Waals surface area contributed by atoms with Crippen molar-refractivity contribution in [1.82, 2.24) is 5.32 Å². The maximum Gasteiger partial charge on any atom is 0.319 e. The molecule has 1 aromatic rings. The SMILES string of the molecule is CCCCNC(=O)Nc1ccc([N+](=O)[O-])cc1O. The van der Waals surface area contributed by atoms with Gasteiger partial charge in [0.2, 0.25) is 0 Å². The molecule has 0 aliphatic heterocycles. The number of unbranched alkanes of at least 4 members (excludes halogenated alkanes) is 1. The summed E-state index contributed by atoms with van der Waals surface area (Å²) in [5.41, 5.74) is -0.0981. The highest BCUT2D eigenvalue weighted by atomic mass is 16.6. The van der Waals surface area contributed by atoms with Crippen LogP contribution in [0.15, 0.2) is 18.2 Å². The second-order valence-corrected chi connectivity index (χ2v) is 3.69. The molecule has 0 unspecified atom stereocenters. The summed E-state index contributed by atoms with van der Waals surface area (Å²) in [6.07, 6.45) is 1.82. The summed E-state index contributed by atoms with van der Waals surface area (Å²) >= 11 is 0. The normalized spacial score (nSPS) is 9.83. The van der Waals surface area contributed by atoms with Crippen molar-refractivity contribution in [2.24, 2.45) is 0 Å². The van der Waals surface area contributed by atoms with Gasteiger partial charge in [-0.2, -0.15) is 0 Å². The molecular formula is C11H15N3O4. The molecular weight excluding hydrogens is 238 g/mol. The number of non-ortho nitro benzene ring substituents is 1. The molecule has 1 aromatic carbocycles. The lowest BCUT2D eigenvalue weighted by molar-refractivity contribution is -0.384. The number of urea groups is 1. The van der Waals surface area contributed by atoms with Crippen molar-refractivity contribution in [2.45, 2.75) is 19.8 Å². The van der Waals surface area contributed by atoms with E-state index in [1.54, 1.807) is 0 Å². The van der Waals surface area contributed by atoms with Gasteiger partial charge < -0.3 is 15.7 Å². The summed E-state index contributed by atoms with van der Waals surface area (Å²) in [7, 11) is 0. The molecule has 0 spiro atoms. The number of carbonyl (C=O) groups excluding carboxylic acids is 1. The summed E-state index contributed by atoms with van der Waals surface area (Å²) in [4.78, 5) is 21.2. The third-order valence-corrected chi connectivity index (χ3v) is 2.26. The predicted octanol–water partition coefficient (Wildman–Crippen LogP) is 2.22. The minimum atomic E-state index is -0.620. The number of hydrogen-bond donors (Lipinski definition) is 3. The van der Waals surface area contributed by atoms with Crippen LogP contribution in [0.2, 0.25) is 0 Å². The number of phenols is 1. The van der Waals surface area contributed by atoms with E-state index in [0.717, 1.165) is 18.9 Å². The first-order chi connectivity index (χ1) is 8.54. The highest BCUT2D eigenvalue weighted by Gasteiger charge is 2.11. The number of aromatic hydroxyl groups is 1. The number of anilines is 1. The van der Waals surface area contributed by atoms with Crippen LogP contribution in [0.5, 0.6) is 5.75 Å². The van der Waals surface area contributed by atoms with Crippen molar-refractivity contribution in [3.05, 3.63) is 28.3 Å². The molecule has 0 aliphatic carbocycles. The van der Waals surface area contributed by atoms with E-state index >= 15 is 0 Å². The minimum Gasteiger partial charge on any atom is -0.506 e. The van der Waals surface area contributed by atoms with Gasteiger partial charge in [-0.15, -0.1) is 0 Å². The molecule has 2 amide bonds. The van der Waals surface area contributed by atoms with Gasteiger partial charge in [-0.25, -0.2) is 4.79 Å². The summed E-state index contributed by atoms with van der Waals surface area (Å²) in [6.45, 7) is 2.54. The summed E-state index contributed by atoms with van der Waals surface area (Å²) in [6, 6.07) is 3.03. The first-order valence-corrected chi connectivity index (χ1v) is 5.57. The number of nitro benzene ring substituents is 1. The number of phenolic OH excluding ortho intramolecular Hbond substituents is 1. The second-order valence-electron chi connectivity index (χ2n) is 3.69. The molecule has 0 fully saturated rings. The first kappa shape index (κ1) is 13.8. The van der Waals surface area contributed by atoms with Gasteiger partial charge in [0.05, 0.1) is 16.7 Å². The molecule has 1 rings (SSSR count). The summed E-state index contributed by atoms with van der Waals surface area (Å²) in [5, 5.41) is 25.0. The lowest BCUT2D eigenvalue weighted by atomic mass is 10.2.